The Bertz CT molecular complexity index is 1190. The molecule has 0 bridgehead atoms. The Labute approximate surface area is 167 Å². The molecule has 2 unspecified atom stereocenters. The Kier molecular flexibility index (Phi) is 3.81. The molecule has 5 nitrogen and oxygen atoms in total. The van der Waals surface area contributed by atoms with E-state index in [9.17, 15) is 14.4 Å². The first-order valence-electron chi connectivity index (χ1n) is 9.63. The summed E-state index contributed by atoms with van der Waals surface area (Å²) in [5.74, 6) is -2.13. The van der Waals surface area contributed by atoms with E-state index in [-0.39, 0.29) is 17.5 Å². The monoisotopic (exact) mass is 385 g/mol. The molecule has 0 saturated heterocycles. The second kappa shape index (κ2) is 6.27. The molecule has 5 rings (SSSR count). The van der Waals surface area contributed by atoms with Gasteiger partial charge in [-0.05, 0) is 24.5 Å². The van der Waals surface area contributed by atoms with Gasteiger partial charge in [0.05, 0.1) is 23.9 Å². The van der Waals surface area contributed by atoms with Crippen LogP contribution in [0.3, 0.4) is 0 Å². The molecule has 0 amide bonds. The van der Waals surface area contributed by atoms with Crippen LogP contribution in [0.15, 0.2) is 54.6 Å². The van der Waals surface area contributed by atoms with Crippen LogP contribution in [0.5, 0.6) is 0 Å². The third kappa shape index (κ3) is 2.30. The van der Waals surface area contributed by atoms with E-state index in [2.05, 4.69) is 0 Å². The Balaban J connectivity index is 1.85. The molecule has 144 valence electrons. The van der Waals surface area contributed by atoms with Crippen LogP contribution < -0.4 is 0 Å². The van der Waals surface area contributed by atoms with Crippen LogP contribution in [-0.4, -0.2) is 29.2 Å². The molecule has 1 heterocycles. The minimum atomic E-state index is -0.889. The van der Waals surface area contributed by atoms with E-state index in [1.807, 2.05) is 60.0 Å². The first-order valence-corrected chi connectivity index (χ1v) is 9.63. The summed E-state index contributed by atoms with van der Waals surface area (Å²) in [7, 11) is 1.29. The number of methoxy groups -OCH3 is 1. The van der Waals surface area contributed by atoms with Crippen LogP contribution in [0, 0.1) is 11.8 Å². The van der Waals surface area contributed by atoms with Gasteiger partial charge in [0.15, 0.2) is 11.6 Å². The summed E-state index contributed by atoms with van der Waals surface area (Å²) in [6.45, 7) is 1.88. The fourth-order valence-electron chi connectivity index (χ4n) is 4.74. The zero-order chi connectivity index (χ0) is 20.3. The minimum absolute atomic E-state index is 0.159. The van der Waals surface area contributed by atoms with Gasteiger partial charge in [0, 0.05) is 22.5 Å². The molecule has 0 saturated carbocycles. The van der Waals surface area contributed by atoms with Crippen molar-refractivity contribution in [3.63, 3.8) is 0 Å². The predicted octanol–water partition coefficient (Wildman–Crippen LogP) is 3.85. The van der Waals surface area contributed by atoms with E-state index in [4.69, 9.17) is 4.74 Å². The number of nitrogens with zero attached hydrogens (tertiary/aromatic N) is 1. The lowest BCUT2D eigenvalue weighted by Gasteiger charge is -2.27. The van der Waals surface area contributed by atoms with Gasteiger partial charge in [-0.2, -0.15) is 0 Å². The molecular formula is C24H19NO4. The molecule has 2 aromatic carbocycles. The molecule has 5 heteroatoms. The van der Waals surface area contributed by atoms with E-state index < -0.39 is 11.9 Å². The van der Waals surface area contributed by atoms with Gasteiger partial charge in [-0.25, -0.2) is 0 Å². The maximum absolute atomic E-state index is 13.5. The zero-order valence-corrected chi connectivity index (χ0v) is 16.1. The molecule has 0 radical (unpaired) electrons. The van der Waals surface area contributed by atoms with Crippen LogP contribution in [-0.2, 0) is 16.0 Å². The molecule has 0 spiro atoms. The molecule has 3 aromatic rings. The van der Waals surface area contributed by atoms with Crippen molar-refractivity contribution >= 4 is 17.5 Å². The highest BCUT2D eigenvalue weighted by Gasteiger charge is 2.47. The molecule has 0 N–H and O–H groups in total. The third-order valence-corrected chi connectivity index (χ3v) is 6.01. The highest BCUT2D eigenvalue weighted by atomic mass is 16.5. The topological polar surface area (TPSA) is 65.4 Å². The van der Waals surface area contributed by atoms with Gasteiger partial charge in [-0.3, -0.25) is 14.4 Å². The summed E-state index contributed by atoms with van der Waals surface area (Å²) >= 11 is 0. The summed E-state index contributed by atoms with van der Waals surface area (Å²) < 4.78 is 6.92. The number of rotatable bonds is 2. The van der Waals surface area contributed by atoms with Gasteiger partial charge in [-0.1, -0.05) is 49.4 Å². The molecular weight excluding hydrogens is 366 g/mol. The standard InChI is InChI=1S/C24H19NO4/c1-13-12-17-19(23(27)18(13)24(28)29-2)20-21(25(17)14-8-4-3-5-9-14)15-10-6-7-11-16(15)22(20)26/h3-11,13,18H,12H2,1-2H3. The highest BCUT2D eigenvalue weighted by molar-refractivity contribution is 6.28. The van der Waals surface area contributed by atoms with Crippen molar-refractivity contribution < 1.29 is 19.1 Å². The van der Waals surface area contributed by atoms with Crippen LogP contribution in [0.2, 0.25) is 0 Å². The van der Waals surface area contributed by atoms with E-state index in [0.717, 1.165) is 22.6 Å². The summed E-state index contributed by atoms with van der Waals surface area (Å²) in [5.41, 5.74) is 4.63. The number of para-hydroxylation sites is 1. The van der Waals surface area contributed by atoms with Crippen LogP contribution in [0.25, 0.3) is 16.9 Å². The summed E-state index contributed by atoms with van der Waals surface area (Å²) in [4.78, 5) is 39.1. The van der Waals surface area contributed by atoms with Crippen LogP contribution in [0.1, 0.15) is 38.9 Å². The molecule has 0 aliphatic heterocycles. The van der Waals surface area contributed by atoms with E-state index in [1.54, 1.807) is 6.07 Å². The Morgan fingerprint density at radius 3 is 2.31 bits per heavy atom. The molecule has 1 aromatic heterocycles. The van der Waals surface area contributed by atoms with Crippen molar-refractivity contribution in [3.05, 3.63) is 77.0 Å². The van der Waals surface area contributed by atoms with Gasteiger partial charge >= 0.3 is 5.97 Å². The summed E-state index contributed by atoms with van der Waals surface area (Å²) in [5, 5.41) is 0. The van der Waals surface area contributed by atoms with Crippen molar-refractivity contribution in [2.24, 2.45) is 11.8 Å². The van der Waals surface area contributed by atoms with Crippen LogP contribution in [0.4, 0.5) is 0 Å². The Morgan fingerprint density at radius 1 is 0.966 bits per heavy atom. The van der Waals surface area contributed by atoms with Gasteiger partial charge in [0.25, 0.3) is 0 Å². The fourth-order valence-corrected chi connectivity index (χ4v) is 4.74. The SMILES string of the molecule is COC(=O)C1C(=O)c2c3c(n(-c4ccccc4)c2CC1C)-c1ccccc1C3=O. The van der Waals surface area contributed by atoms with E-state index >= 15 is 0 Å². The van der Waals surface area contributed by atoms with Crippen LogP contribution >= 0.6 is 0 Å². The maximum Gasteiger partial charge on any atom is 0.316 e. The predicted molar refractivity (Wildman–Crippen MR) is 107 cm³/mol. The fraction of sp³-hybridized carbons (Fsp3) is 0.208. The number of aromatic nitrogens is 1. The number of hydrogen-bond acceptors (Lipinski definition) is 4. The van der Waals surface area contributed by atoms with Crippen molar-refractivity contribution in [3.8, 4) is 16.9 Å². The summed E-state index contributed by atoms with van der Waals surface area (Å²) in [6.07, 6.45) is 0.512. The molecule has 2 aliphatic carbocycles. The van der Waals surface area contributed by atoms with Crippen molar-refractivity contribution in [1.29, 1.82) is 0 Å². The smallest absolute Gasteiger partial charge is 0.316 e. The first-order chi connectivity index (χ1) is 14.0. The number of esters is 1. The lowest BCUT2D eigenvalue weighted by molar-refractivity contribution is -0.145. The second-order valence-electron chi connectivity index (χ2n) is 7.64. The quantitative estimate of drug-likeness (QED) is 0.388. The molecule has 29 heavy (non-hydrogen) atoms. The lowest BCUT2D eigenvalue weighted by Crippen LogP contribution is -2.37. The van der Waals surface area contributed by atoms with Crippen molar-refractivity contribution in [2.75, 3.05) is 7.11 Å². The normalized spacial score (nSPS) is 19.5. The van der Waals surface area contributed by atoms with Gasteiger partial charge in [0.2, 0.25) is 0 Å². The first kappa shape index (κ1) is 17.6. The Hall–Kier alpha value is -3.47. The number of carbonyl (C=O) groups is 3. The summed E-state index contributed by atoms with van der Waals surface area (Å²) in [6, 6.07) is 17.1. The Morgan fingerprint density at radius 2 is 1.62 bits per heavy atom. The molecule has 2 atom stereocenters. The van der Waals surface area contributed by atoms with Gasteiger partial charge in [0.1, 0.15) is 5.92 Å². The molecule has 2 aliphatic rings. The maximum atomic E-state index is 13.5. The lowest BCUT2D eigenvalue weighted by atomic mass is 9.77. The average Bonchev–Trinajstić information content (AvgIpc) is 3.22. The number of ether oxygens (including phenoxy) is 1. The van der Waals surface area contributed by atoms with Gasteiger partial charge in [-0.15, -0.1) is 0 Å². The number of fused-ring (bicyclic) bond motifs is 5. The van der Waals surface area contributed by atoms with E-state index in [1.165, 1.54) is 7.11 Å². The minimum Gasteiger partial charge on any atom is -0.468 e. The number of benzene rings is 2. The highest BCUT2D eigenvalue weighted by Crippen LogP contribution is 2.46. The third-order valence-electron chi connectivity index (χ3n) is 6.01. The second-order valence-corrected chi connectivity index (χ2v) is 7.64. The van der Waals surface area contributed by atoms with E-state index in [0.29, 0.717) is 23.1 Å². The van der Waals surface area contributed by atoms with Gasteiger partial charge < -0.3 is 9.30 Å². The van der Waals surface area contributed by atoms with Crippen molar-refractivity contribution in [1.82, 2.24) is 4.57 Å². The number of hydrogen-bond donors (Lipinski definition) is 0. The average molecular weight is 385 g/mol. The number of Topliss-reactive ketones (excluding diaryl/α,β-unsaturated/α-hetero) is 1. The zero-order valence-electron chi connectivity index (χ0n) is 16.1. The number of ketones is 2. The largest absolute Gasteiger partial charge is 0.468 e. The molecule has 0 fully saturated rings. The number of carbonyl (C=O) groups excluding carboxylic acids is 3. The van der Waals surface area contributed by atoms with Crippen molar-refractivity contribution in [2.45, 2.75) is 13.3 Å².